The van der Waals surface area contributed by atoms with Gasteiger partial charge in [0.25, 0.3) is 0 Å². The molecule has 0 saturated carbocycles. The summed E-state index contributed by atoms with van der Waals surface area (Å²) in [5.41, 5.74) is 0. The molecule has 0 radical (unpaired) electrons. The number of hydrogen-bond donors (Lipinski definition) is 2. The zero-order valence-electron chi connectivity index (χ0n) is 9.17. The van der Waals surface area contributed by atoms with Crippen molar-refractivity contribution in [3.63, 3.8) is 0 Å². The Balaban J connectivity index is 2.10. The third-order valence-corrected chi connectivity index (χ3v) is 4.08. The van der Waals surface area contributed by atoms with Gasteiger partial charge in [0.2, 0.25) is 0 Å². The molecule has 1 unspecified atom stereocenters. The summed E-state index contributed by atoms with van der Waals surface area (Å²) in [4.78, 5) is 0. The summed E-state index contributed by atoms with van der Waals surface area (Å²) in [6.07, 6.45) is 4.76. The Bertz CT molecular complexity index is 132. The molecule has 0 spiro atoms. The van der Waals surface area contributed by atoms with Gasteiger partial charge in [-0.25, -0.2) is 0 Å². The summed E-state index contributed by atoms with van der Waals surface area (Å²) in [5.74, 6) is 3.29. The fourth-order valence-corrected chi connectivity index (χ4v) is 2.97. The average Bonchev–Trinajstić information content (AvgIpc) is 2.25. The molecule has 1 aliphatic heterocycles. The number of aliphatic hydroxyl groups excluding tert-OH is 1. The van der Waals surface area contributed by atoms with Crippen LogP contribution < -0.4 is 5.32 Å². The Labute approximate surface area is 91.9 Å². The molecule has 0 aromatic carbocycles. The molecule has 1 rings (SSSR count). The van der Waals surface area contributed by atoms with Crippen molar-refractivity contribution in [1.82, 2.24) is 5.32 Å². The zero-order chi connectivity index (χ0) is 10.2. The van der Waals surface area contributed by atoms with Crippen LogP contribution in [0.4, 0.5) is 0 Å². The molecule has 2 nitrogen and oxygen atoms in total. The van der Waals surface area contributed by atoms with Gasteiger partial charge in [0.15, 0.2) is 0 Å². The molecule has 1 heterocycles. The van der Waals surface area contributed by atoms with Crippen LogP contribution in [0, 0.1) is 5.92 Å². The highest BCUT2D eigenvalue weighted by Crippen LogP contribution is 2.17. The molecule has 14 heavy (non-hydrogen) atoms. The standard InChI is InChI=1S/C11H23NOS/c1-2-10(3-6-13)9-12-11-4-7-14-8-5-11/h10-13H,2-9H2,1H3. The highest BCUT2D eigenvalue weighted by molar-refractivity contribution is 7.99. The lowest BCUT2D eigenvalue weighted by atomic mass is 10.0. The molecular formula is C11H23NOS. The van der Waals surface area contributed by atoms with Crippen LogP contribution in [0.25, 0.3) is 0 Å². The summed E-state index contributed by atoms with van der Waals surface area (Å²) in [6, 6.07) is 0.740. The minimum Gasteiger partial charge on any atom is -0.396 e. The van der Waals surface area contributed by atoms with Crippen LogP contribution in [0.5, 0.6) is 0 Å². The van der Waals surface area contributed by atoms with E-state index in [2.05, 4.69) is 24.0 Å². The summed E-state index contributed by atoms with van der Waals surface area (Å²) in [5, 5.41) is 12.5. The fraction of sp³-hybridized carbons (Fsp3) is 1.00. The van der Waals surface area contributed by atoms with Crippen LogP contribution in [0.3, 0.4) is 0 Å². The molecule has 0 aliphatic carbocycles. The van der Waals surface area contributed by atoms with E-state index in [1.165, 1.54) is 30.8 Å². The molecule has 1 saturated heterocycles. The van der Waals surface area contributed by atoms with Crippen LogP contribution in [-0.4, -0.2) is 35.8 Å². The normalized spacial score (nSPS) is 21.0. The maximum absolute atomic E-state index is 8.87. The first-order chi connectivity index (χ1) is 6.86. The molecule has 84 valence electrons. The van der Waals surface area contributed by atoms with Crippen LogP contribution >= 0.6 is 11.8 Å². The highest BCUT2D eigenvalue weighted by atomic mass is 32.2. The Hall–Kier alpha value is 0.270. The number of hydrogen-bond acceptors (Lipinski definition) is 3. The van der Waals surface area contributed by atoms with Crippen LogP contribution in [0.2, 0.25) is 0 Å². The lowest BCUT2D eigenvalue weighted by Gasteiger charge is -2.25. The second-order valence-electron chi connectivity index (χ2n) is 4.08. The van der Waals surface area contributed by atoms with Gasteiger partial charge in [0, 0.05) is 12.6 Å². The third kappa shape index (κ3) is 4.67. The predicted octanol–water partition coefficient (Wildman–Crippen LogP) is 1.88. The molecule has 0 bridgehead atoms. The summed E-state index contributed by atoms with van der Waals surface area (Å²) in [7, 11) is 0. The second-order valence-corrected chi connectivity index (χ2v) is 5.31. The fourth-order valence-electron chi connectivity index (χ4n) is 1.87. The van der Waals surface area contributed by atoms with E-state index in [9.17, 15) is 0 Å². The quantitative estimate of drug-likeness (QED) is 0.712. The van der Waals surface area contributed by atoms with Gasteiger partial charge in [-0.1, -0.05) is 13.3 Å². The van der Waals surface area contributed by atoms with E-state index in [1.807, 2.05) is 0 Å². The van der Waals surface area contributed by atoms with E-state index in [1.54, 1.807) is 0 Å². The number of rotatable bonds is 6. The number of nitrogens with one attached hydrogen (secondary N) is 1. The second kappa shape index (κ2) is 7.55. The third-order valence-electron chi connectivity index (χ3n) is 3.03. The van der Waals surface area contributed by atoms with Crippen molar-refractivity contribution < 1.29 is 5.11 Å². The van der Waals surface area contributed by atoms with Crippen molar-refractivity contribution >= 4 is 11.8 Å². The van der Waals surface area contributed by atoms with Gasteiger partial charge in [0.1, 0.15) is 0 Å². The van der Waals surface area contributed by atoms with Gasteiger partial charge in [-0.15, -0.1) is 0 Å². The monoisotopic (exact) mass is 217 g/mol. The van der Waals surface area contributed by atoms with Gasteiger partial charge in [0.05, 0.1) is 0 Å². The van der Waals surface area contributed by atoms with Crippen molar-refractivity contribution in [1.29, 1.82) is 0 Å². The molecule has 2 N–H and O–H groups in total. The largest absolute Gasteiger partial charge is 0.396 e. The van der Waals surface area contributed by atoms with Crippen molar-refractivity contribution in [2.24, 2.45) is 5.92 Å². The molecular weight excluding hydrogens is 194 g/mol. The van der Waals surface area contributed by atoms with Gasteiger partial charge in [-0.3, -0.25) is 0 Å². The summed E-state index contributed by atoms with van der Waals surface area (Å²) < 4.78 is 0. The summed E-state index contributed by atoms with van der Waals surface area (Å²) >= 11 is 2.07. The molecule has 3 heteroatoms. The van der Waals surface area contributed by atoms with E-state index < -0.39 is 0 Å². The lowest BCUT2D eigenvalue weighted by Crippen LogP contribution is -2.36. The van der Waals surface area contributed by atoms with Crippen LogP contribution in [0.15, 0.2) is 0 Å². The topological polar surface area (TPSA) is 32.3 Å². The SMILES string of the molecule is CCC(CCO)CNC1CCSCC1. The predicted molar refractivity (Wildman–Crippen MR) is 63.8 cm³/mol. The van der Waals surface area contributed by atoms with Gasteiger partial charge >= 0.3 is 0 Å². The van der Waals surface area contributed by atoms with Crippen molar-refractivity contribution in [2.75, 3.05) is 24.7 Å². The van der Waals surface area contributed by atoms with Crippen LogP contribution in [0.1, 0.15) is 32.6 Å². The number of thioether (sulfide) groups is 1. The van der Waals surface area contributed by atoms with E-state index >= 15 is 0 Å². The molecule has 1 atom stereocenters. The molecule has 1 aliphatic rings. The first-order valence-electron chi connectivity index (χ1n) is 5.78. The van der Waals surface area contributed by atoms with E-state index in [-0.39, 0.29) is 0 Å². The first kappa shape index (κ1) is 12.3. The van der Waals surface area contributed by atoms with E-state index in [4.69, 9.17) is 5.11 Å². The smallest absolute Gasteiger partial charge is 0.0434 e. The molecule has 0 amide bonds. The Morgan fingerprint density at radius 2 is 2.14 bits per heavy atom. The van der Waals surface area contributed by atoms with Gasteiger partial charge in [-0.05, 0) is 43.2 Å². The Morgan fingerprint density at radius 1 is 1.43 bits per heavy atom. The molecule has 0 aromatic rings. The minimum atomic E-state index is 0.334. The summed E-state index contributed by atoms with van der Waals surface area (Å²) in [6.45, 7) is 3.63. The van der Waals surface area contributed by atoms with Gasteiger partial charge in [-0.2, -0.15) is 11.8 Å². The number of aliphatic hydroxyl groups is 1. The molecule has 0 aromatic heterocycles. The Kier molecular flexibility index (Phi) is 6.65. The maximum atomic E-state index is 8.87. The maximum Gasteiger partial charge on any atom is 0.0434 e. The first-order valence-corrected chi connectivity index (χ1v) is 6.94. The zero-order valence-corrected chi connectivity index (χ0v) is 9.98. The van der Waals surface area contributed by atoms with E-state index in [0.29, 0.717) is 12.5 Å². The minimum absolute atomic E-state index is 0.334. The molecule has 1 fully saturated rings. The van der Waals surface area contributed by atoms with Crippen molar-refractivity contribution in [3.05, 3.63) is 0 Å². The van der Waals surface area contributed by atoms with Gasteiger partial charge < -0.3 is 10.4 Å². The van der Waals surface area contributed by atoms with Crippen LogP contribution in [-0.2, 0) is 0 Å². The van der Waals surface area contributed by atoms with Crippen molar-refractivity contribution in [3.8, 4) is 0 Å². The average molecular weight is 217 g/mol. The lowest BCUT2D eigenvalue weighted by molar-refractivity contribution is 0.247. The van der Waals surface area contributed by atoms with E-state index in [0.717, 1.165) is 19.0 Å². The Morgan fingerprint density at radius 3 is 2.71 bits per heavy atom. The van der Waals surface area contributed by atoms with Crippen molar-refractivity contribution in [2.45, 2.75) is 38.6 Å². The highest BCUT2D eigenvalue weighted by Gasteiger charge is 2.14.